The van der Waals surface area contributed by atoms with Crippen LogP contribution in [0.2, 0.25) is 0 Å². The molecule has 4 rings (SSSR count). The number of H-pyrrole nitrogens is 1. The number of anilines is 2. The van der Waals surface area contributed by atoms with Crippen LogP contribution in [0.15, 0.2) is 61.3 Å². The molecule has 0 aliphatic rings. The number of likely N-dealkylation sites (N-methyl/N-ethyl adjacent to an activating group) is 1. The van der Waals surface area contributed by atoms with Gasteiger partial charge in [0, 0.05) is 47.2 Å². The highest BCUT2D eigenvalue weighted by molar-refractivity contribution is 6.06. The number of rotatable bonds is 10. The first-order chi connectivity index (χ1) is 18.7. The summed E-state index contributed by atoms with van der Waals surface area (Å²) in [4.78, 5) is 32.5. The van der Waals surface area contributed by atoms with Crippen LogP contribution >= 0.6 is 0 Å². The third kappa shape index (κ3) is 6.15. The zero-order valence-electron chi connectivity index (χ0n) is 22.4. The van der Waals surface area contributed by atoms with Gasteiger partial charge in [0.1, 0.15) is 11.5 Å². The predicted octanol–water partition coefficient (Wildman–Crippen LogP) is 5.67. The lowest BCUT2D eigenvalue weighted by Gasteiger charge is -2.13. The molecule has 0 bridgehead atoms. The van der Waals surface area contributed by atoms with Crippen LogP contribution in [0.25, 0.3) is 33.4 Å². The third-order valence-corrected chi connectivity index (χ3v) is 6.18. The van der Waals surface area contributed by atoms with Gasteiger partial charge in [-0.2, -0.15) is 0 Å². The largest absolute Gasteiger partial charge is 0.459 e. The van der Waals surface area contributed by atoms with Crippen LogP contribution in [0.3, 0.4) is 0 Å². The van der Waals surface area contributed by atoms with Crippen molar-refractivity contribution >= 4 is 34.3 Å². The van der Waals surface area contributed by atoms with E-state index in [1.54, 1.807) is 32.9 Å². The number of nitrogens with zero attached hydrogens (tertiary/aromatic N) is 1. The van der Waals surface area contributed by atoms with Crippen LogP contribution in [0.1, 0.15) is 29.8 Å². The van der Waals surface area contributed by atoms with Gasteiger partial charge in [-0.3, -0.25) is 4.79 Å². The first kappa shape index (κ1) is 27.5. The minimum Gasteiger partial charge on any atom is -0.459 e. The molecule has 0 saturated carbocycles. The van der Waals surface area contributed by atoms with E-state index in [1.807, 2.05) is 31.3 Å². The lowest BCUT2D eigenvalue weighted by molar-refractivity contribution is -0.111. The number of amides is 1. The monoisotopic (exact) mass is 529 g/mol. The summed E-state index contributed by atoms with van der Waals surface area (Å²) in [6, 6.07) is 12.6. The first-order valence-corrected chi connectivity index (χ1v) is 12.7. The summed E-state index contributed by atoms with van der Waals surface area (Å²) < 4.78 is 20.5. The molecule has 0 radical (unpaired) electrons. The molecule has 2 aromatic carbocycles. The molecule has 0 atom stereocenters. The number of fused-ring (bicyclic) bond motifs is 1. The first-order valence-electron chi connectivity index (χ1n) is 12.7. The maximum Gasteiger partial charge on any atom is 0.339 e. The van der Waals surface area contributed by atoms with Crippen LogP contribution < -0.4 is 16.0 Å². The molecule has 0 fully saturated rings. The average Bonchev–Trinajstić information content (AvgIpc) is 3.30. The summed E-state index contributed by atoms with van der Waals surface area (Å²) in [5.41, 5.74) is 5.05. The Kier molecular flexibility index (Phi) is 8.41. The third-order valence-electron chi connectivity index (χ3n) is 6.18. The number of aromatic nitrogens is 2. The van der Waals surface area contributed by atoms with Gasteiger partial charge >= 0.3 is 5.97 Å². The van der Waals surface area contributed by atoms with Crippen molar-refractivity contribution < 1.29 is 18.7 Å². The van der Waals surface area contributed by atoms with Gasteiger partial charge in [-0.05, 0) is 75.4 Å². The second-order valence-corrected chi connectivity index (χ2v) is 9.38. The van der Waals surface area contributed by atoms with Crippen molar-refractivity contribution in [2.75, 3.05) is 30.8 Å². The van der Waals surface area contributed by atoms with Crippen LogP contribution in [0.4, 0.5) is 15.8 Å². The lowest BCUT2D eigenvalue weighted by Crippen LogP contribution is -2.17. The molecule has 2 aromatic heterocycles. The minimum absolute atomic E-state index is 0.278. The highest BCUT2D eigenvalue weighted by Gasteiger charge is 2.21. The van der Waals surface area contributed by atoms with Crippen LogP contribution in [0.5, 0.6) is 0 Å². The normalized spacial score (nSPS) is 11.0. The summed E-state index contributed by atoms with van der Waals surface area (Å²) in [5.74, 6) is -1.44. The summed E-state index contributed by atoms with van der Waals surface area (Å²) in [6.07, 6.45) is 2.29. The Morgan fingerprint density at radius 3 is 2.54 bits per heavy atom. The van der Waals surface area contributed by atoms with E-state index in [0.717, 1.165) is 30.4 Å². The summed E-state index contributed by atoms with van der Waals surface area (Å²) in [5, 5.41) is 9.74. The summed E-state index contributed by atoms with van der Waals surface area (Å²) >= 11 is 0. The molecule has 0 unspecified atom stereocenters. The van der Waals surface area contributed by atoms with Crippen LogP contribution in [-0.2, 0) is 9.53 Å². The van der Waals surface area contributed by atoms with Crippen molar-refractivity contribution in [3.8, 4) is 22.4 Å². The molecule has 0 spiro atoms. The lowest BCUT2D eigenvalue weighted by atomic mass is 9.96. The fraction of sp³-hybridized carbons (Fsp3) is 0.233. The quantitative estimate of drug-likeness (QED) is 0.120. The zero-order chi connectivity index (χ0) is 28.1. The highest BCUT2D eigenvalue weighted by atomic mass is 19.1. The molecule has 4 N–H and O–H groups in total. The second kappa shape index (κ2) is 11.9. The molecule has 0 aliphatic carbocycles. The average molecular weight is 530 g/mol. The number of hydrogen-bond donors (Lipinski definition) is 4. The van der Waals surface area contributed by atoms with Gasteiger partial charge in [0.15, 0.2) is 0 Å². The number of aromatic amines is 1. The van der Waals surface area contributed by atoms with E-state index in [0.29, 0.717) is 39.1 Å². The Morgan fingerprint density at radius 2 is 1.87 bits per heavy atom. The molecular formula is C30H32FN5O3. The molecule has 4 aromatic rings. The van der Waals surface area contributed by atoms with E-state index in [1.165, 1.54) is 12.3 Å². The summed E-state index contributed by atoms with van der Waals surface area (Å²) in [6.45, 7) is 10.2. The Bertz CT molecular complexity index is 1530. The van der Waals surface area contributed by atoms with E-state index in [9.17, 15) is 9.59 Å². The van der Waals surface area contributed by atoms with Crippen molar-refractivity contribution in [2.45, 2.75) is 26.9 Å². The van der Waals surface area contributed by atoms with E-state index >= 15 is 4.39 Å². The van der Waals surface area contributed by atoms with E-state index < -0.39 is 17.7 Å². The molecule has 202 valence electrons. The van der Waals surface area contributed by atoms with Gasteiger partial charge in [0.2, 0.25) is 5.91 Å². The minimum atomic E-state index is -0.501. The molecule has 9 heteroatoms. The topological polar surface area (TPSA) is 108 Å². The number of esters is 1. The van der Waals surface area contributed by atoms with Crippen molar-refractivity contribution in [1.82, 2.24) is 15.3 Å². The highest BCUT2D eigenvalue weighted by Crippen LogP contribution is 2.40. The van der Waals surface area contributed by atoms with Crippen molar-refractivity contribution in [3.05, 3.63) is 78.3 Å². The number of carbonyl (C=O) groups excluding carboxylic acids is 2. The maximum atomic E-state index is 15.2. The van der Waals surface area contributed by atoms with Gasteiger partial charge < -0.3 is 25.7 Å². The smallest absolute Gasteiger partial charge is 0.339 e. The predicted molar refractivity (Wildman–Crippen MR) is 153 cm³/mol. The van der Waals surface area contributed by atoms with E-state index in [-0.39, 0.29) is 11.7 Å². The van der Waals surface area contributed by atoms with Crippen LogP contribution in [-0.4, -0.2) is 48.1 Å². The number of carbonyl (C=O) groups is 2. The molecule has 0 saturated heterocycles. The van der Waals surface area contributed by atoms with Crippen molar-refractivity contribution in [2.24, 2.45) is 0 Å². The fourth-order valence-corrected chi connectivity index (χ4v) is 4.20. The summed E-state index contributed by atoms with van der Waals surface area (Å²) in [7, 11) is 1.90. The number of pyridine rings is 1. The Balaban J connectivity index is 1.90. The standard InChI is InChI=1S/C30H32FN5O3/c1-6-26(37)35-25-15-20(14-24(31)18(25)4)27-23-13-21(30(38)39-17(2)3)16-34-29(23)36-28(27)19-7-9-22(10-8-19)33-12-11-32-5/h6-10,13-17,32-33H,1,11-12H2,2-5H3,(H,34,36)(H,35,37). The number of benzene rings is 2. The Hall–Kier alpha value is -4.50. The van der Waals surface area contributed by atoms with Crippen molar-refractivity contribution in [3.63, 3.8) is 0 Å². The van der Waals surface area contributed by atoms with E-state index in [4.69, 9.17) is 4.74 Å². The Morgan fingerprint density at radius 1 is 1.13 bits per heavy atom. The molecule has 0 aliphatic heterocycles. The van der Waals surface area contributed by atoms with Crippen molar-refractivity contribution in [1.29, 1.82) is 0 Å². The zero-order valence-corrected chi connectivity index (χ0v) is 22.4. The van der Waals surface area contributed by atoms with Gasteiger partial charge in [-0.1, -0.05) is 18.7 Å². The number of ether oxygens (including phenoxy) is 1. The second-order valence-electron chi connectivity index (χ2n) is 9.38. The SMILES string of the molecule is C=CC(=O)Nc1cc(-c2c(-c3ccc(NCCNC)cc3)[nH]c3ncc(C(=O)OC(C)C)cc23)cc(F)c1C. The van der Waals surface area contributed by atoms with Crippen LogP contribution in [0, 0.1) is 12.7 Å². The molecule has 39 heavy (non-hydrogen) atoms. The van der Waals surface area contributed by atoms with Gasteiger partial charge in [0.05, 0.1) is 17.4 Å². The van der Waals surface area contributed by atoms with E-state index in [2.05, 4.69) is 32.5 Å². The van der Waals surface area contributed by atoms with Gasteiger partial charge in [-0.25, -0.2) is 14.2 Å². The molecule has 1 amide bonds. The maximum absolute atomic E-state index is 15.2. The van der Waals surface area contributed by atoms with Gasteiger partial charge in [-0.15, -0.1) is 0 Å². The Labute approximate surface area is 226 Å². The molecule has 8 nitrogen and oxygen atoms in total. The number of nitrogens with one attached hydrogen (secondary N) is 4. The number of halogens is 1. The molecular weight excluding hydrogens is 497 g/mol. The number of hydrogen-bond acceptors (Lipinski definition) is 6. The van der Waals surface area contributed by atoms with Gasteiger partial charge in [0.25, 0.3) is 0 Å². The fourth-order valence-electron chi connectivity index (χ4n) is 4.20. The molecule has 2 heterocycles.